The van der Waals surface area contributed by atoms with E-state index in [0.29, 0.717) is 11.3 Å². The average Bonchev–Trinajstić information content (AvgIpc) is 2.64. The average molecular weight is 409 g/mol. The predicted molar refractivity (Wildman–Crippen MR) is 103 cm³/mol. The zero-order valence-corrected chi connectivity index (χ0v) is 16.3. The van der Waals surface area contributed by atoms with Crippen LogP contribution in [-0.2, 0) is 32.0 Å². The van der Waals surface area contributed by atoms with E-state index < -0.39 is 34.5 Å². The topological polar surface area (TPSA) is 110 Å². The highest BCUT2D eigenvalue weighted by Gasteiger charge is 2.60. The lowest BCUT2D eigenvalue weighted by Gasteiger charge is -2.49. The quantitative estimate of drug-likeness (QED) is 0.509. The summed E-state index contributed by atoms with van der Waals surface area (Å²) >= 11 is 0.0589. The molecule has 1 aromatic rings. The Hall–Kier alpha value is -1.97. The fraction of sp³-hybridized carbons (Fsp3) is 0.389. The Kier molecular flexibility index (Phi) is 6.13. The second kappa shape index (κ2) is 8.37. The number of carbonyl (C=O) groups excluding carboxylic acids is 2. The minimum absolute atomic E-state index is 0.0842. The van der Waals surface area contributed by atoms with Crippen LogP contribution in [0, 0.1) is 0 Å². The molecule has 0 aromatic heterocycles. The van der Waals surface area contributed by atoms with Crippen LogP contribution in [0.1, 0.15) is 12.5 Å². The van der Waals surface area contributed by atoms with Crippen molar-refractivity contribution in [2.45, 2.75) is 24.8 Å². The van der Waals surface area contributed by atoms with Crippen LogP contribution in [0.4, 0.5) is 0 Å². The standard InChI is InChI=1S/C18H20N2O5S2/c1-2-26-9-12-10-27(25)17-14(16(22)20(17)15(12)18(23)24)19-13(21)8-11-6-4-3-5-7-11/h3-7,14,17H,2,8-10H2,1H3,(H,19,21)(H,23,24)/t14?,17-,27?/m0/s1. The molecular formula is C18H20N2O5S2. The monoisotopic (exact) mass is 408 g/mol. The molecule has 2 aliphatic heterocycles. The normalized spacial score (nSPS) is 24.3. The van der Waals surface area contributed by atoms with E-state index in [1.807, 2.05) is 25.1 Å². The van der Waals surface area contributed by atoms with Crippen molar-refractivity contribution in [1.82, 2.24) is 10.2 Å². The number of benzene rings is 1. The van der Waals surface area contributed by atoms with Gasteiger partial charge < -0.3 is 15.0 Å². The molecule has 0 aliphatic carbocycles. The molecule has 144 valence electrons. The van der Waals surface area contributed by atoms with Gasteiger partial charge in [-0.25, -0.2) is 4.79 Å². The highest BCUT2D eigenvalue weighted by Crippen LogP contribution is 2.37. The van der Waals surface area contributed by atoms with Gasteiger partial charge in [0.05, 0.1) is 6.42 Å². The summed E-state index contributed by atoms with van der Waals surface area (Å²) in [5.74, 6) is -0.765. The number of hydrogen-bond acceptors (Lipinski definition) is 5. The second-order valence-corrected chi connectivity index (χ2v) is 9.03. The van der Waals surface area contributed by atoms with E-state index in [-0.39, 0.29) is 23.8 Å². The van der Waals surface area contributed by atoms with Gasteiger partial charge in [0.2, 0.25) is 11.3 Å². The minimum atomic E-state index is -1.46. The molecular weight excluding hydrogens is 388 g/mol. The fourth-order valence-corrected chi connectivity index (χ4v) is 5.70. The molecule has 27 heavy (non-hydrogen) atoms. The van der Waals surface area contributed by atoms with E-state index in [1.165, 1.54) is 11.8 Å². The highest BCUT2D eigenvalue weighted by molar-refractivity contribution is 7.99. The third-order valence-corrected chi connectivity index (χ3v) is 7.03. The van der Waals surface area contributed by atoms with Crippen LogP contribution in [0.25, 0.3) is 0 Å². The SMILES string of the molecule is CCSCC1=C(C(=O)O)N2C(=O)C(NC(=O)Cc3ccccc3)[C@@H]2[S+]([O-])C1. The molecule has 3 atom stereocenters. The number of carbonyl (C=O) groups is 3. The van der Waals surface area contributed by atoms with Gasteiger partial charge in [0.15, 0.2) is 6.04 Å². The number of β-lactam (4-membered cyclic amide) rings is 1. The number of aliphatic carboxylic acids is 1. The molecule has 2 N–H and O–H groups in total. The number of fused-ring (bicyclic) bond motifs is 1. The summed E-state index contributed by atoms with van der Waals surface area (Å²) in [5.41, 5.74) is 1.22. The first-order chi connectivity index (χ1) is 12.9. The summed E-state index contributed by atoms with van der Waals surface area (Å²) in [4.78, 5) is 37.6. The van der Waals surface area contributed by atoms with Crippen LogP contribution < -0.4 is 5.32 Å². The molecule has 0 spiro atoms. The summed E-state index contributed by atoms with van der Waals surface area (Å²) in [7, 11) is 0. The van der Waals surface area contributed by atoms with Gasteiger partial charge in [-0.2, -0.15) is 11.8 Å². The van der Waals surface area contributed by atoms with Crippen molar-refractivity contribution >= 4 is 40.7 Å². The smallest absolute Gasteiger partial charge is 0.352 e. The summed E-state index contributed by atoms with van der Waals surface area (Å²) in [6.45, 7) is 1.95. The molecule has 1 fully saturated rings. The van der Waals surface area contributed by atoms with Crippen LogP contribution in [0.2, 0.25) is 0 Å². The Balaban J connectivity index is 1.74. The van der Waals surface area contributed by atoms with Crippen LogP contribution in [-0.4, -0.2) is 61.0 Å². The first kappa shape index (κ1) is 19.8. The van der Waals surface area contributed by atoms with E-state index in [2.05, 4.69) is 5.32 Å². The van der Waals surface area contributed by atoms with Gasteiger partial charge in [0.1, 0.15) is 11.4 Å². The zero-order valence-electron chi connectivity index (χ0n) is 14.7. The Morgan fingerprint density at radius 1 is 1.37 bits per heavy atom. The first-order valence-electron chi connectivity index (χ1n) is 8.50. The Bertz CT molecular complexity index is 783. The zero-order chi connectivity index (χ0) is 19.6. The maximum atomic E-state index is 12.6. The Labute approximate surface area is 164 Å². The number of carboxylic acid groups (broad SMARTS) is 1. The molecule has 2 aliphatic rings. The summed E-state index contributed by atoms with van der Waals surface area (Å²) < 4.78 is 12.6. The largest absolute Gasteiger partial charge is 0.614 e. The highest BCUT2D eigenvalue weighted by atomic mass is 32.2. The number of thioether (sulfide) groups is 1. The molecule has 1 aromatic carbocycles. The lowest BCUT2D eigenvalue weighted by Crippen LogP contribution is -2.75. The molecule has 0 bridgehead atoms. The summed E-state index contributed by atoms with van der Waals surface area (Å²) in [6.07, 6.45) is 0.101. The minimum Gasteiger partial charge on any atom is -0.614 e. The van der Waals surface area contributed by atoms with Crippen LogP contribution in [0.5, 0.6) is 0 Å². The van der Waals surface area contributed by atoms with Gasteiger partial charge in [-0.1, -0.05) is 37.3 Å². The number of carboxylic acids is 1. The molecule has 0 saturated carbocycles. The molecule has 3 rings (SSSR count). The number of hydrogen-bond donors (Lipinski definition) is 2. The predicted octanol–water partition coefficient (Wildman–Crippen LogP) is 0.736. The van der Waals surface area contributed by atoms with Crippen molar-refractivity contribution < 1.29 is 24.0 Å². The van der Waals surface area contributed by atoms with E-state index in [1.54, 1.807) is 12.1 Å². The van der Waals surface area contributed by atoms with E-state index >= 15 is 0 Å². The van der Waals surface area contributed by atoms with Gasteiger partial charge in [-0.15, -0.1) is 0 Å². The third kappa shape index (κ3) is 3.99. The van der Waals surface area contributed by atoms with Crippen molar-refractivity contribution in [2.75, 3.05) is 17.3 Å². The lowest BCUT2D eigenvalue weighted by atomic mass is 10.0. The maximum Gasteiger partial charge on any atom is 0.352 e. The second-order valence-electron chi connectivity index (χ2n) is 6.23. The molecule has 9 heteroatoms. The van der Waals surface area contributed by atoms with Crippen molar-refractivity contribution in [3.63, 3.8) is 0 Å². The lowest BCUT2D eigenvalue weighted by molar-refractivity contribution is -0.151. The number of amides is 2. The Morgan fingerprint density at radius 2 is 2.07 bits per heavy atom. The van der Waals surface area contributed by atoms with Gasteiger partial charge in [0, 0.05) is 11.3 Å². The van der Waals surface area contributed by atoms with Crippen LogP contribution in [0.15, 0.2) is 41.6 Å². The molecule has 0 radical (unpaired) electrons. The fourth-order valence-electron chi connectivity index (χ4n) is 3.20. The summed E-state index contributed by atoms with van der Waals surface area (Å²) in [6, 6.07) is 8.13. The first-order valence-corrected chi connectivity index (χ1v) is 11.0. The molecule has 2 unspecified atom stereocenters. The van der Waals surface area contributed by atoms with E-state index in [4.69, 9.17) is 0 Å². The van der Waals surface area contributed by atoms with Gasteiger partial charge in [-0.05, 0) is 22.5 Å². The number of nitrogens with one attached hydrogen (secondary N) is 1. The molecule has 2 amide bonds. The summed E-state index contributed by atoms with van der Waals surface area (Å²) in [5, 5.41) is 11.3. The van der Waals surface area contributed by atoms with Gasteiger partial charge in [-0.3, -0.25) is 14.5 Å². The van der Waals surface area contributed by atoms with E-state index in [0.717, 1.165) is 16.2 Å². The molecule has 2 heterocycles. The number of rotatable bonds is 7. The van der Waals surface area contributed by atoms with Crippen LogP contribution >= 0.6 is 11.8 Å². The Morgan fingerprint density at radius 3 is 2.70 bits per heavy atom. The number of nitrogens with zero attached hydrogens (tertiary/aromatic N) is 1. The molecule has 1 saturated heterocycles. The van der Waals surface area contributed by atoms with Gasteiger partial charge >= 0.3 is 5.97 Å². The van der Waals surface area contributed by atoms with Crippen molar-refractivity contribution in [1.29, 1.82) is 0 Å². The molecule has 7 nitrogen and oxygen atoms in total. The van der Waals surface area contributed by atoms with Crippen molar-refractivity contribution in [3.05, 3.63) is 47.2 Å². The van der Waals surface area contributed by atoms with Gasteiger partial charge in [0.25, 0.3) is 5.91 Å². The van der Waals surface area contributed by atoms with E-state index in [9.17, 15) is 24.0 Å². The van der Waals surface area contributed by atoms with Crippen LogP contribution in [0.3, 0.4) is 0 Å². The van der Waals surface area contributed by atoms with Crippen molar-refractivity contribution in [2.24, 2.45) is 0 Å². The van der Waals surface area contributed by atoms with Crippen molar-refractivity contribution in [3.8, 4) is 0 Å². The maximum absolute atomic E-state index is 12.6. The third-order valence-electron chi connectivity index (χ3n) is 4.41.